The van der Waals surface area contributed by atoms with Gasteiger partial charge in [-0.25, -0.2) is 4.39 Å². The van der Waals surface area contributed by atoms with Gasteiger partial charge in [0.2, 0.25) is 0 Å². The van der Waals surface area contributed by atoms with Crippen LogP contribution in [-0.2, 0) is 0 Å². The van der Waals surface area contributed by atoms with Gasteiger partial charge < -0.3 is 5.32 Å². The maximum atomic E-state index is 13.2. The number of halogens is 1. The molecule has 0 spiro atoms. The second-order valence-electron chi connectivity index (χ2n) is 5.10. The first-order chi connectivity index (χ1) is 9.65. The highest BCUT2D eigenvalue weighted by Gasteiger charge is 2.08. The lowest BCUT2D eigenvalue weighted by Gasteiger charge is -2.17. The zero-order valence-corrected chi connectivity index (χ0v) is 12.4. The lowest BCUT2D eigenvalue weighted by molar-refractivity contribution is 0.537. The Morgan fingerprint density at radius 3 is 2.30 bits per heavy atom. The van der Waals surface area contributed by atoms with Crippen molar-refractivity contribution < 1.29 is 4.39 Å². The minimum Gasteiger partial charge on any atom is -0.310 e. The van der Waals surface area contributed by atoms with Gasteiger partial charge in [0.15, 0.2) is 0 Å². The molecule has 20 heavy (non-hydrogen) atoms. The third-order valence-corrected chi connectivity index (χ3v) is 3.67. The Bertz CT molecular complexity index is 560. The molecule has 1 unspecified atom stereocenters. The maximum Gasteiger partial charge on any atom is 0.123 e. The fourth-order valence-electron chi connectivity index (χ4n) is 2.59. The van der Waals surface area contributed by atoms with E-state index >= 15 is 0 Å². The summed E-state index contributed by atoms with van der Waals surface area (Å²) in [5, 5.41) is 3.48. The molecule has 0 aromatic heterocycles. The van der Waals surface area contributed by atoms with Gasteiger partial charge in [-0.15, -0.1) is 0 Å². The highest BCUT2D eigenvalue weighted by Crippen LogP contribution is 2.26. The molecule has 0 radical (unpaired) electrons. The molecule has 1 atom stereocenters. The van der Waals surface area contributed by atoms with Gasteiger partial charge >= 0.3 is 0 Å². The van der Waals surface area contributed by atoms with Crippen molar-refractivity contribution in [3.05, 3.63) is 59.4 Å². The van der Waals surface area contributed by atoms with Crippen molar-refractivity contribution in [3.63, 3.8) is 0 Å². The molecule has 0 saturated carbocycles. The molecule has 0 saturated heterocycles. The van der Waals surface area contributed by atoms with Crippen molar-refractivity contribution in [1.82, 2.24) is 5.32 Å². The Hall–Kier alpha value is -1.67. The van der Waals surface area contributed by atoms with Gasteiger partial charge in [-0.2, -0.15) is 0 Å². The van der Waals surface area contributed by atoms with E-state index < -0.39 is 0 Å². The molecule has 0 aliphatic heterocycles. The summed E-state index contributed by atoms with van der Waals surface area (Å²) >= 11 is 0. The largest absolute Gasteiger partial charge is 0.310 e. The van der Waals surface area contributed by atoms with E-state index in [0.29, 0.717) is 6.04 Å². The summed E-state index contributed by atoms with van der Waals surface area (Å²) in [7, 11) is 0. The normalized spacial score (nSPS) is 12.4. The summed E-state index contributed by atoms with van der Waals surface area (Å²) in [6.45, 7) is 7.22. The molecule has 0 aliphatic carbocycles. The summed E-state index contributed by atoms with van der Waals surface area (Å²) in [6.07, 6.45) is 1.07. The van der Waals surface area contributed by atoms with Gasteiger partial charge in [0.25, 0.3) is 0 Å². The minimum absolute atomic E-state index is 0.180. The Kier molecular flexibility index (Phi) is 4.91. The summed E-state index contributed by atoms with van der Waals surface area (Å²) in [5.41, 5.74) is 4.50. The van der Waals surface area contributed by atoms with Gasteiger partial charge in [-0.05, 0) is 54.3 Å². The first kappa shape index (κ1) is 14.7. The number of nitrogens with one attached hydrogen (secondary N) is 1. The number of rotatable bonds is 5. The van der Waals surface area contributed by atoms with Crippen LogP contribution in [-0.4, -0.2) is 6.54 Å². The third-order valence-electron chi connectivity index (χ3n) is 3.67. The van der Waals surface area contributed by atoms with Crippen LogP contribution in [0.2, 0.25) is 0 Å². The van der Waals surface area contributed by atoms with E-state index in [1.165, 1.54) is 11.6 Å². The molecule has 0 bridgehead atoms. The molecule has 2 aromatic carbocycles. The molecule has 0 amide bonds. The molecule has 2 aromatic rings. The van der Waals surface area contributed by atoms with E-state index in [4.69, 9.17) is 0 Å². The highest BCUT2D eigenvalue weighted by atomic mass is 19.1. The first-order valence-electron chi connectivity index (χ1n) is 7.25. The van der Waals surface area contributed by atoms with Crippen molar-refractivity contribution in [2.45, 2.75) is 33.2 Å². The van der Waals surface area contributed by atoms with Crippen molar-refractivity contribution in [2.24, 2.45) is 0 Å². The van der Waals surface area contributed by atoms with E-state index in [0.717, 1.165) is 29.7 Å². The molecule has 2 heteroatoms. The third kappa shape index (κ3) is 3.26. The van der Waals surface area contributed by atoms with Crippen LogP contribution in [0.1, 0.15) is 37.4 Å². The van der Waals surface area contributed by atoms with E-state index in [9.17, 15) is 4.39 Å². The van der Waals surface area contributed by atoms with E-state index in [-0.39, 0.29) is 5.82 Å². The molecule has 1 N–H and O–H groups in total. The first-order valence-corrected chi connectivity index (χ1v) is 7.25. The second kappa shape index (κ2) is 6.67. The van der Waals surface area contributed by atoms with Crippen LogP contribution in [0.25, 0.3) is 11.1 Å². The summed E-state index contributed by atoms with van der Waals surface area (Å²) in [4.78, 5) is 0. The highest BCUT2D eigenvalue weighted by molar-refractivity contribution is 5.67. The summed E-state index contributed by atoms with van der Waals surface area (Å²) in [6, 6.07) is 13.9. The molecule has 0 heterocycles. The van der Waals surface area contributed by atoms with Gasteiger partial charge in [0.05, 0.1) is 0 Å². The Balaban J connectivity index is 2.27. The standard InChI is InChI=1S/C18H22FN/c1-4-18(20-5-2)15-8-6-14(7-9-15)17-11-10-16(19)12-13(17)3/h6-12,18,20H,4-5H2,1-3H3. The predicted molar refractivity (Wildman–Crippen MR) is 83.3 cm³/mol. The summed E-state index contributed by atoms with van der Waals surface area (Å²) < 4.78 is 13.2. The fourth-order valence-corrected chi connectivity index (χ4v) is 2.59. The molecule has 106 valence electrons. The average Bonchev–Trinajstić information content (AvgIpc) is 2.45. The smallest absolute Gasteiger partial charge is 0.123 e. The van der Waals surface area contributed by atoms with Crippen molar-refractivity contribution >= 4 is 0 Å². The Labute approximate surface area is 120 Å². The van der Waals surface area contributed by atoms with E-state index in [1.54, 1.807) is 6.07 Å². The van der Waals surface area contributed by atoms with Crippen LogP contribution < -0.4 is 5.32 Å². The maximum absolute atomic E-state index is 13.2. The van der Waals surface area contributed by atoms with Crippen molar-refractivity contribution in [3.8, 4) is 11.1 Å². The minimum atomic E-state index is -0.180. The van der Waals surface area contributed by atoms with Crippen LogP contribution >= 0.6 is 0 Å². The molecular formula is C18H22FN. The van der Waals surface area contributed by atoms with Crippen LogP contribution in [0.5, 0.6) is 0 Å². The summed E-state index contributed by atoms with van der Waals surface area (Å²) in [5.74, 6) is -0.180. The van der Waals surface area contributed by atoms with Crippen LogP contribution in [0.4, 0.5) is 4.39 Å². The monoisotopic (exact) mass is 271 g/mol. The van der Waals surface area contributed by atoms with Crippen molar-refractivity contribution in [2.75, 3.05) is 6.54 Å². The van der Waals surface area contributed by atoms with Crippen LogP contribution in [0.3, 0.4) is 0 Å². The molecule has 2 rings (SSSR count). The molecule has 1 nitrogen and oxygen atoms in total. The SMILES string of the molecule is CCNC(CC)c1ccc(-c2ccc(F)cc2C)cc1. The number of benzene rings is 2. The van der Waals surface area contributed by atoms with Crippen LogP contribution in [0, 0.1) is 12.7 Å². The number of hydrogen-bond donors (Lipinski definition) is 1. The van der Waals surface area contributed by atoms with Gasteiger partial charge in [0.1, 0.15) is 5.82 Å². The van der Waals surface area contributed by atoms with Crippen LogP contribution in [0.15, 0.2) is 42.5 Å². The van der Waals surface area contributed by atoms with Gasteiger partial charge in [-0.1, -0.05) is 44.2 Å². The molecule has 0 fully saturated rings. The predicted octanol–water partition coefficient (Wildman–Crippen LogP) is 4.86. The van der Waals surface area contributed by atoms with Gasteiger partial charge in [0, 0.05) is 6.04 Å². The zero-order chi connectivity index (χ0) is 14.5. The lowest BCUT2D eigenvalue weighted by atomic mass is 9.97. The number of hydrogen-bond acceptors (Lipinski definition) is 1. The van der Waals surface area contributed by atoms with Crippen molar-refractivity contribution in [1.29, 1.82) is 0 Å². The average molecular weight is 271 g/mol. The van der Waals surface area contributed by atoms with E-state index in [2.05, 4.69) is 43.4 Å². The zero-order valence-electron chi connectivity index (χ0n) is 12.4. The topological polar surface area (TPSA) is 12.0 Å². The fraction of sp³-hybridized carbons (Fsp3) is 0.333. The Morgan fingerprint density at radius 2 is 1.75 bits per heavy atom. The number of aryl methyl sites for hydroxylation is 1. The molecular weight excluding hydrogens is 249 g/mol. The van der Waals surface area contributed by atoms with Gasteiger partial charge in [-0.3, -0.25) is 0 Å². The van der Waals surface area contributed by atoms with E-state index in [1.807, 2.05) is 13.0 Å². The molecule has 0 aliphatic rings. The lowest BCUT2D eigenvalue weighted by Crippen LogP contribution is -2.19. The second-order valence-corrected chi connectivity index (χ2v) is 5.10. The Morgan fingerprint density at radius 1 is 1.05 bits per heavy atom. The quantitative estimate of drug-likeness (QED) is 0.818.